The summed E-state index contributed by atoms with van der Waals surface area (Å²) in [7, 11) is -2.32. The summed E-state index contributed by atoms with van der Waals surface area (Å²) in [5.74, 6) is -0.272. The SMILES string of the molecule is CN1C(=O)Cc2cc(S(=O)(=O)Nc3cccc(OC(F)F)c3)ccc21. The molecule has 1 aliphatic rings. The second kappa shape index (κ2) is 6.32. The van der Waals surface area contributed by atoms with E-state index in [4.69, 9.17) is 0 Å². The van der Waals surface area contributed by atoms with Crippen molar-refractivity contribution in [2.24, 2.45) is 0 Å². The van der Waals surface area contributed by atoms with Crippen LogP contribution < -0.4 is 14.4 Å². The molecule has 25 heavy (non-hydrogen) atoms. The summed E-state index contributed by atoms with van der Waals surface area (Å²) < 4.78 is 56.1. The number of anilines is 2. The summed E-state index contributed by atoms with van der Waals surface area (Å²) >= 11 is 0. The molecule has 1 amide bonds. The van der Waals surface area contributed by atoms with Gasteiger partial charge >= 0.3 is 6.61 Å². The maximum absolute atomic E-state index is 12.5. The Balaban J connectivity index is 1.86. The van der Waals surface area contributed by atoms with E-state index in [0.29, 0.717) is 11.3 Å². The third-order valence-corrected chi connectivity index (χ3v) is 5.13. The molecule has 1 aliphatic heterocycles. The zero-order valence-electron chi connectivity index (χ0n) is 13.1. The van der Waals surface area contributed by atoms with E-state index in [1.54, 1.807) is 13.1 Å². The Kier molecular flexibility index (Phi) is 4.34. The van der Waals surface area contributed by atoms with E-state index < -0.39 is 16.6 Å². The van der Waals surface area contributed by atoms with Crippen molar-refractivity contribution in [3.05, 3.63) is 48.0 Å². The third-order valence-electron chi connectivity index (χ3n) is 3.75. The van der Waals surface area contributed by atoms with Crippen LogP contribution in [0.1, 0.15) is 5.56 Å². The van der Waals surface area contributed by atoms with Crippen molar-refractivity contribution in [3.8, 4) is 5.75 Å². The molecule has 0 unspecified atom stereocenters. The number of carbonyl (C=O) groups is 1. The number of halogens is 2. The highest BCUT2D eigenvalue weighted by Gasteiger charge is 2.26. The van der Waals surface area contributed by atoms with Gasteiger partial charge in [-0.25, -0.2) is 8.42 Å². The lowest BCUT2D eigenvalue weighted by atomic mass is 10.2. The van der Waals surface area contributed by atoms with Gasteiger partial charge < -0.3 is 9.64 Å². The van der Waals surface area contributed by atoms with Gasteiger partial charge in [-0.1, -0.05) is 6.07 Å². The van der Waals surface area contributed by atoms with Crippen molar-refractivity contribution in [2.75, 3.05) is 16.7 Å². The van der Waals surface area contributed by atoms with Crippen LogP contribution in [0.2, 0.25) is 0 Å². The van der Waals surface area contributed by atoms with Crippen LogP contribution in [0, 0.1) is 0 Å². The first-order valence-corrected chi connectivity index (χ1v) is 8.72. The number of carbonyl (C=O) groups excluding carboxylic acids is 1. The van der Waals surface area contributed by atoms with Gasteiger partial charge in [-0.15, -0.1) is 0 Å². The van der Waals surface area contributed by atoms with Gasteiger partial charge in [-0.2, -0.15) is 8.78 Å². The molecule has 6 nitrogen and oxygen atoms in total. The quantitative estimate of drug-likeness (QED) is 0.880. The van der Waals surface area contributed by atoms with Crippen LogP contribution in [0.5, 0.6) is 5.75 Å². The van der Waals surface area contributed by atoms with Crippen molar-refractivity contribution in [2.45, 2.75) is 17.9 Å². The second-order valence-electron chi connectivity index (χ2n) is 5.43. The Morgan fingerprint density at radius 1 is 1.20 bits per heavy atom. The number of alkyl halides is 2. The maximum atomic E-state index is 12.5. The predicted molar refractivity (Wildman–Crippen MR) is 87.4 cm³/mol. The van der Waals surface area contributed by atoms with Crippen molar-refractivity contribution in [3.63, 3.8) is 0 Å². The van der Waals surface area contributed by atoms with Gasteiger partial charge in [-0.3, -0.25) is 9.52 Å². The predicted octanol–water partition coefficient (Wildman–Crippen LogP) is 2.61. The Bertz CT molecular complexity index is 931. The highest BCUT2D eigenvalue weighted by atomic mass is 32.2. The molecular weight excluding hydrogens is 354 g/mol. The van der Waals surface area contributed by atoms with Crippen molar-refractivity contribution in [1.82, 2.24) is 0 Å². The molecule has 0 saturated heterocycles. The second-order valence-corrected chi connectivity index (χ2v) is 7.11. The lowest BCUT2D eigenvalue weighted by Crippen LogP contribution is -2.20. The molecule has 3 rings (SSSR count). The van der Waals surface area contributed by atoms with Gasteiger partial charge in [-0.05, 0) is 35.9 Å². The number of amides is 1. The van der Waals surface area contributed by atoms with Gasteiger partial charge in [0.05, 0.1) is 17.0 Å². The largest absolute Gasteiger partial charge is 0.435 e. The smallest absolute Gasteiger partial charge is 0.387 e. The number of sulfonamides is 1. The lowest BCUT2D eigenvalue weighted by molar-refractivity contribution is -0.117. The first-order valence-electron chi connectivity index (χ1n) is 7.23. The number of hydrogen-bond donors (Lipinski definition) is 1. The first kappa shape index (κ1) is 17.2. The van der Waals surface area contributed by atoms with Crippen LogP contribution in [-0.4, -0.2) is 28.0 Å². The van der Waals surface area contributed by atoms with Crippen LogP contribution in [-0.2, 0) is 21.2 Å². The van der Waals surface area contributed by atoms with E-state index in [2.05, 4.69) is 9.46 Å². The van der Waals surface area contributed by atoms with Gasteiger partial charge in [0.1, 0.15) is 5.75 Å². The molecule has 2 aromatic carbocycles. The van der Waals surface area contributed by atoms with E-state index in [1.165, 1.54) is 35.2 Å². The number of hydrogen-bond acceptors (Lipinski definition) is 4. The Morgan fingerprint density at radius 3 is 2.68 bits per heavy atom. The Hall–Kier alpha value is -2.68. The number of nitrogens with one attached hydrogen (secondary N) is 1. The van der Waals surface area contributed by atoms with Gasteiger partial charge in [0.2, 0.25) is 5.91 Å². The van der Waals surface area contributed by atoms with Gasteiger partial charge in [0.25, 0.3) is 10.0 Å². The normalized spacial score (nSPS) is 13.9. The maximum Gasteiger partial charge on any atom is 0.387 e. The number of ether oxygens (including phenoxy) is 1. The number of benzene rings is 2. The first-order chi connectivity index (χ1) is 11.8. The highest BCUT2D eigenvalue weighted by Crippen LogP contribution is 2.30. The topological polar surface area (TPSA) is 75.7 Å². The summed E-state index contributed by atoms with van der Waals surface area (Å²) in [4.78, 5) is 13.1. The van der Waals surface area contributed by atoms with Crippen molar-refractivity contribution < 1.29 is 26.7 Å². The summed E-state index contributed by atoms with van der Waals surface area (Å²) in [6, 6.07) is 9.64. The minimum absolute atomic E-state index is 0.0190. The molecule has 0 bridgehead atoms. The van der Waals surface area contributed by atoms with Gasteiger partial charge in [0.15, 0.2) is 0 Å². The molecule has 0 aliphatic carbocycles. The minimum Gasteiger partial charge on any atom is -0.435 e. The molecule has 9 heteroatoms. The average molecular weight is 368 g/mol. The Morgan fingerprint density at radius 2 is 1.96 bits per heavy atom. The minimum atomic E-state index is -3.94. The highest BCUT2D eigenvalue weighted by molar-refractivity contribution is 7.92. The third kappa shape index (κ3) is 3.55. The monoisotopic (exact) mass is 368 g/mol. The van der Waals surface area contributed by atoms with Crippen LogP contribution in [0.25, 0.3) is 0 Å². The summed E-state index contributed by atoms with van der Waals surface area (Å²) in [5, 5.41) is 0. The van der Waals surface area contributed by atoms with E-state index in [9.17, 15) is 22.0 Å². The van der Waals surface area contributed by atoms with Crippen LogP contribution in [0.4, 0.5) is 20.2 Å². The van der Waals surface area contributed by atoms with E-state index in [-0.39, 0.29) is 28.7 Å². The molecule has 0 spiro atoms. The summed E-state index contributed by atoms with van der Waals surface area (Å²) in [6.45, 7) is -3.00. The van der Waals surface area contributed by atoms with Crippen molar-refractivity contribution in [1.29, 1.82) is 0 Å². The van der Waals surface area contributed by atoms with Gasteiger partial charge in [0, 0.05) is 18.8 Å². The van der Waals surface area contributed by atoms with Crippen LogP contribution in [0.15, 0.2) is 47.4 Å². The molecule has 0 saturated carbocycles. The van der Waals surface area contributed by atoms with E-state index in [1.807, 2.05) is 0 Å². The summed E-state index contributed by atoms with van der Waals surface area (Å²) in [5.41, 5.74) is 1.37. The molecule has 0 atom stereocenters. The molecule has 2 aromatic rings. The zero-order valence-corrected chi connectivity index (χ0v) is 13.9. The summed E-state index contributed by atoms with van der Waals surface area (Å²) in [6.07, 6.45) is 0.132. The zero-order chi connectivity index (χ0) is 18.2. The molecule has 0 fully saturated rings. The van der Waals surface area contributed by atoms with Crippen LogP contribution >= 0.6 is 0 Å². The fourth-order valence-electron chi connectivity index (χ4n) is 2.56. The van der Waals surface area contributed by atoms with Crippen LogP contribution in [0.3, 0.4) is 0 Å². The molecule has 0 aromatic heterocycles. The molecule has 132 valence electrons. The van der Waals surface area contributed by atoms with E-state index >= 15 is 0 Å². The number of likely N-dealkylation sites (N-methyl/N-ethyl adjacent to an activating group) is 1. The average Bonchev–Trinajstić information content (AvgIpc) is 2.81. The number of nitrogens with zero attached hydrogens (tertiary/aromatic N) is 1. The molecule has 0 radical (unpaired) electrons. The van der Waals surface area contributed by atoms with Crippen molar-refractivity contribution >= 4 is 27.3 Å². The number of rotatable bonds is 5. The fraction of sp³-hybridized carbons (Fsp3) is 0.188. The number of fused-ring (bicyclic) bond motifs is 1. The standard InChI is InChI=1S/C16H14F2N2O4S/c1-20-14-6-5-13(7-10(14)8-15(20)21)25(22,23)19-11-3-2-4-12(9-11)24-16(17)18/h2-7,9,16,19H,8H2,1H3. The molecule has 1 N–H and O–H groups in total. The Labute approximate surface area is 143 Å². The molecule has 1 heterocycles. The lowest BCUT2D eigenvalue weighted by Gasteiger charge is -2.12. The van der Waals surface area contributed by atoms with E-state index in [0.717, 1.165) is 6.07 Å². The molecular formula is C16H14F2N2O4S. The fourth-order valence-corrected chi connectivity index (χ4v) is 3.66.